The van der Waals surface area contributed by atoms with Crippen LogP contribution in [0.3, 0.4) is 0 Å². The van der Waals surface area contributed by atoms with Gasteiger partial charge in [0.15, 0.2) is 0 Å². The molecule has 0 unspecified atom stereocenters. The quantitative estimate of drug-likeness (QED) is 0.760. The third kappa shape index (κ3) is 2.51. The van der Waals surface area contributed by atoms with E-state index in [0.717, 1.165) is 16.5 Å². The van der Waals surface area contributed by atoms with Gasteiger partial charge >= 0.3 is 0 Å². The topological polar surface area (TPSA) is 62.0 Å². The van der Waals surface area contributed by atoms with E-state index in [1.54, 1.807) is 25.1 Å². The minimum absolute atomic E-state index is 0.100. The third-order valence-electron chi connectivity index (χ3n) is 3.87. The number of benzene rings is 2. The molecule has 0 radical (unpaired) electrons. The number of fused-ring (bicyclic) bond motifs is 1. The van der Waals surface area contributed by atoms with Crippen LogP contribution in [0.25, 0.3) is 10.9 Å². The minimum atomic E-state index is -0.175. The van der Waals surface area contributed by atoms with Crippen LogP contribution in [0.5, 0.6) is 0 Å². The molecule has 0 bridgehead atoms. The number of aromatic amines is 1. The van der Waals surface area contributed by atoms with E-state index in [1.165, 1.54) is 0 Å². The second-order valence-electron chi connectivity index (χ2n) is 5.28. The van der Waals surface area contributed by atoms with Crippen LogP contribution >= 0.6 is 0 Å². The first-order valence-electron chi connectivity index (χ1n) is 7.06. The maximum Gasteiger partial charge on any atom is 0.255 e. The van der Waals surface area contributed by atoms with Crippen LogP contribution < -0.4 is 10.9 Å². The highest BCUT2D eigenvalue weighted by molar-refractivity contribution is 6.05. The molecule has 4 heteroatoms. The van der Waals surface area contributed by atoms with E-state index in [4.69, 9.17) is 0 Å². The molecule has 2 N–H and O–H groups in total. The molecule has 0 aliphatic carbocycles. The van der Waals surface area contributed by atoms with Crippen LogP contribution in [0.2, 0.25) is 0 Å². The molecule has 3 aromatic rings. The van der Waals surface area contributed by atoms with Gasteiger partial charge in [-0.05, 0) is 43.7 Å². The Bertz CT molecular complexity index is 912. The van der Waals surface area contributed by atoms with E-state index in [2.05, 4.69) is 10.3 Å². The molecular formula is C18H16N2O2. The van der Waals surface area contributed by atoms with Crippen molar-refractivity contribution >= 4 is 22.5 Å². The highest BCUT2D eigenvalue weighted by Gasteiger charge is 2.08. The first-order valence-corrected chi connectivity index (χ1v) is 7.06. The van der Waals surface area contributed by atoms with Crippen LogP contribution in [0.15, 0.2) is 53.3 Å². The Morgan fingerprint density at radius 2 is 1.73 bits per heavy atom. The Morgan fingerprint density at radius 1 is 1.00 bits per heavy atom. The molecule has 0 aliphatic heterocycles. The Labute approximate surface area is 127 Å². The normalized spacial score (nSPS) is 10.6. The van der Waals surface area contributed by atoms with Gasteiger partial charge in [-0.2, -0.15) is 0 Å². The summed E-state index contributed by atoms with van der Waals surface area (Å²) in [5.74, 6) is -0.175. The van der Waals surface area contributed by atoms with Crippen molar-refractivity contribution in [1.82, 2.24) is 4.98 Å². The lowest BCUT2D eigenvalue weighted by Crippen LogP contribution is -2.13. The fourth-order valence-corrected chi connectivity index (χ4v) is 2.43. The summed E-state index contributed by atoms with van der Waals surface area (Å²) in [6.45, 7) is 3.73. The number of carbonyl (C=O) groups is 1. The Kier molecular flexibility index (Phi) is 3.51. The smallest absolute Gasteiger partial charge is 0.255 e. The van der Waals surface area contributed by atoms with E-state index < -0.39 is 0 Å². The molecule has 0 saturated heterocycles. The zero-order chi connectivity index (χ0) is 15.7. The molecule has 22 heavy (non-hydrogen) atoms. The third-order valence-corrected chi connectivity index (χ3v) is 3.87. The van der Waals surface area contributed by atoms with Crippen molar-refractivity contribution in [3.05, 3.63) is 75.6 Å². The van der Waals surface area contributed by atoms with E-state index in [0.29, 0.717) is 16.8 Å². The highest BCUT2D eigenvalue weighted by Crippen LogP contribution is 2.21. The van der Waals surface area contributed by atoms with E-state index in [9.17, 15) is 9.59 Å². The van der Waals surface area contributed by atoms with Gasteiger partial charge < -0.3 is 10.3 Å². The molecule has 1 heterocycles. The van der Waals surface area contributed by atoms with Crippen LogP contribution in [-0.4, -0.2) is 10.9 Å². The van der Waals surface area contributed by atoms with Gasteiger partial charge in [0.05, 0.1) is 5.52 Å². The van der Waals surface area contributed by atoms with E-state index in [1.807, 2.05) is 37.3 Å². The molecule has 1 amide bonds. The standard InChI is InChI=1S/C18H16N2O2/c1-11-12(2)17(21)20-16-10-14(8-9-15(11)16)19-18(22)13-6-4-3-5-7-13/h3-10H,1-2H3,(H,19,22)(H,20,21). The van der Waals surface area contributed by atoms with Crippen LogP contribution in [0.4, 0.5) is 5.69 Å². The molecule has 0 atom stereocenters. The number of rotatable bonds is 2. The summed E-state index contributed by atoms with van der Waals surface area (Å²) >= 11 is 0. The molecule has 0 saturated carbocycles. The number of amides is 1. The first-order chi connectivity index (χ1) is 10.6. The maximum absolute atomic E-state index is 12.2. The minimum Gasteiger partial charge on any atom is -0.322 e. The van der Waals surface area contributed by atoms with Crippen molar-refractivity contribution < 1.29 is 4.79 Å². The summed E-state index contributed by atoms with van der Waals surface area (Å²) in [5.41, 5.74) is 3.54. The summed E-state index contributed by atoms with van der Waals surface area (Å²) in [6, 6.07) is 14.5. The fourth-order valence-electron chi connectivity index (χ4n) is 2.43. The summed E-state index contributed by atoms with van der Waals surface area (Å²) in [7, 11) is 0. The van der Waals surface area contributed by atoms with Crippen LogP contribution in [-0.2, 0) is 0 Å². The molecule has 0 fully saturated rings. The molecule has 4 nitrogen and oxygen atoms in total. The highest BCUT2D eigenvalue weighted by atomic mass is 16.1. The van der Waals surface area contributed by atoms with Crippen molar-refractivity contribution in [2.45, 2.75) is 13.8 Å². The Morgan fingerprint density at radius 3 is 2.45 bits per heavy atom. The molecular weight excluding hydrogens is 276 g/mol. The van der Waals surface area contributed by atoms with Crippen molar-refractivity contribution in [2.75, 3.05) is 5.32 Å². The predicted octanol–water partition coefficient (Wildman–Crippen LogP) is 3.40. The van der Waals surface area contributed by atoms with Crippen molar-refractivity contribution in [3.63, 3.8) is 0 Å². The lowest BCUT2D eigenvalue weighted by molar-refractivity contribution is 0.102. The van der Waals surface area contributed by atoms with Gasteiger partial charge in [0.25, 0.3) is 11.5 Å². The van der Waals surface area contributed by atoms with Crippen LogP contribution in [0, 0.1) is 13.8 Å². The number of anilines is 1. The molecule has 0 spiro atoms. The molecule has 3 rings (SSSR count). The number of hydrogen-bond acceptors (Lipinski definition) is 2. The van der Waals surface area contributed by atoms with Gasteiger partial charge in [-0.1, -0.05) is 24.3 Å². The largest absolute Gasteiger partial charge is 0.322 e. The summed E-state index contributed by atoms with van der Waals surface area (Å²) < 4.78 is 0. The van der Waals surface area contributed by atoms with Gasteiger partial charge in [0.2, 0.25) is 0 Å². The van der Waals surface area contributed by atoms with E-state index >= 15 is 0 Å². The lowest BCUT2D eigenvalue weighted by atomic mass is 10.1. The zero-order valence-electron chi connectivity index (χ0n) is 12.4. The summed E-state index contributed by atoms with van der Waals surface area (Å²) in [6.07, 6.45) is 0. The number of hydrogen-bond donors (Lipinski definition) is 2. The van der Waals surface area contributed by atoms with Gasteiger partial charge in [-0.15, -0.1) is 0 Å². The molecule has 1 aromatic heterocycles. The number of carbonyl (C=O) groups excluding carboxylic acids is 1. The summed E-state index contributed by atoms with van der Waals surface area (Å²) in [5, 5.41) is 3.82. The average molecular weight is 292 g/mol. The van der Waals surface area contributed by atoms with Crippen molar-refractivity contribution in [2.24, 2.45) is 0 Å². The number of aromatic nitrogens is 1. The van der Waals surface area contributed by atoms with Crippen LogP contribution in [0.1, 0.15) is 21.5 Å². The predicted molar refractivity (Wildman–Crippen MR) is 88.4 cm³/mol. The monoisotopic (exact) mass is 292 g/mol. The molecule has 0 aliphatic rings. The summed E-state index contributed by atoms with van der Waals surface area (Å²) in [4.78, 5) is 26.9. The zero-order valence-corrected chi connectivity index (χ0v) is 12.4. The number of pyridine rings is 1. The number of aryl methyl sites for hydroxylation is 1. The average Bonchev–Trinajstić information content (AvgIpc) is 2.53. The van der Waals surface area contributed by atoms with Gasteiger partial charge in [-0.25, -0.2) is 0 Å². The maximum atomic E-state index is 12.2. The Hall–Kier alpha value is -2.88. The first kappa shape index (κ1) is 14.1. The van der Waals surface area contributed by atoms with Gasteiger partial charge in [0.1, 0.15) is 0 Å². The second kappa shape index (κ2) is 5.48. The van der Waals surface area contributed by atoms with E-state index in [-0.39, 0.29) is 11.5 Å². The van der Waals surface area contributed by atoms with Gasteiger partial charge in [0, 0.05) is 22.2 Å². The SMILES string of the molecule is Cc1c(C)c2ccc(NC(=O)c3ccccc3)cc2[nH]c1=O. The van der Waals surface area contributed by atoms with Crippen molar-refractivity contribution in [1.29, 1.82) is 0 Å². The Balaban J connectivity index is 1.98. The lowest BCUT2D eigenvalue weighted by Gasteiger charge is -2.09. The fraction of sp³-hybridized carbons (Fsp3) is 0.111. The molecule has 2 aromatic carbocycles. The number of H-pyrrole nitrogens is 1. The molecule has 110 valence electrons. The number of nitrogens with one attached hydrogen (secondary N) is 2. The van der Waals surface area contributed by atoms with Crippen molar-refractivity contribution in [3.8, 4) is 0 Å². The van der Waals surface area contributed by atoms with Gasteiger partial charge in [-0.3, -0.25) is 9.59 Å². The second-order valence-corrected chi connectivity index (χ2v) is 5.28.